The highest BCUT2D eigenvalue weighted by molar-refractivity contribution is 5.99. The van der Waals surface area contributed by atoms with Crippen LogP contribution < -0.4 is 5.73 Å². The summed E-state index contributed by atoms with van der Waals surface area (Å²) in [5, 5.41) is 0. The molecule has 11 heavy (non-hydrogen) atoms. The van der Waals surface area contributed by atoms with Crippen molar-refractivity contribution in [3.63, 3.8) is 0 Å². The molecule has 0 bridgehead atoms. The minimum Gasteiger partial charge on any atom is -0.324 e. The summed E-state index contributed by atoms with van der Waals surface area (Å²) < 4.78 is 0. The zero-order valence-corrected chi connectivity index (χ0v) is 6.71. The van der Waals surface area contributed by atoms with Crippen LogP contribution in [0.15, 0.2) is 36.5 Å². The van der Waals surface area contributed by atoms with Gasteiger partial charge < -0.3 is 5.73 Å². The van der Waals surface area contributed by atoms with Gasteiger partial charge in [0.15, 0.2) is 5.78 Å². The highest BCUT2D eigenvalue weighted by Gasteiger charge is 2.00. The van der Waals surface area contributed by atoms with Crippen LogP contribution in [0.5, 0.6) is 0 Å². The molecule has 0 fully saturated rings. The van der Waals surface area contributed by atoms with Crippen LogP contribution in [0.1, 0.15) is 6.92 Å². The van der Waals surface area contributed by atoms with Gasteiger partial charge in [0.2, 0.25) is 0 Å². The van der Waals surface area contributed by atoms with Gasteiger partial charge >= 0.3 is 0 Å². The molecule has 2 heteroatoms. The smallest absolute Gasteiger partial charge is 0.176 e. The third kappa shape index (κ3) is 3.53. The van der Waals surface area contributed by atoms with Crippen LogP contribution in [0, 0.1) is 0 Å². The second-order valence-corrected chi connectivity index (χ2v) is 1.99. The van der Waals surface area contributed by atoms with Gasteiger partial charge in [-0.1, -0.05) is 30.9 Å². The van der Waals surface area contributed by atoms with Crippen molar-refractivity contribution in [1.29, 1.82) is 0 Å². The minimum atomic E-state index is -0.0667. The van der Waals surface area contributed by atoms with E-state index in [0.29, 0.717) is 5.57 Å². The largest absolute Gasteiger partial charge is 0.324 e. The number of carbonyl (C=O) groups is 1. The SMILES string of the molecule is C=C/C=C(\C=C/C)C(=O)CN. The van der Waals surface area contributed by atoms with Gasteiger partial charge in [0, 0.05) is 5.57 Å². The van der Waals surface area contributed by atoms with Crippen LogP contribution in [-0.4, -0.2) is 12.3 Å². The van der Waals surface area contributed by atoms with Crippen molar-refractivity contribution in [1.82, 2.24) is 0 Å². The molecule has 0 saturated carbocycles. The molecule has 0 saturated heterocycles. The molecule has 0 atom stereocenters. The molecule has 0 radical (unpaired) electrons. The Bertz CT molecular complexity index is 202. The number of nitrogens with two attached hydrogens (primary N) is 1. The fraction of sp³-hybridized carbons (Fsp3) is 0.222. The maximum absolute atomic E-state index is 11.0. The molecule has 2 nitrogen and oxygen atoms in total. The fourth-order valence-corrected chi connectivity index (χ4v) is 0.666. The van der Waals surface area contributed by atoms with E-state index in [2.05, 4.69) is 6.58 Å². The highest BCUT2D eigenvalue weighted by atomic mass is 16.1. The average molecular weight is 151 g/mol. The van der Waals surface area contributed by atoms with E-state index in [9.17, 15) is 4.79 Å². The Labute approximate surface area is 67.1 Å². The Morgan fingerprint density at radius 2 is 2.27 bits per heavy atom. The first-order chi connectivity index (χ1) is 5.26. The van der Waals surface area contributed by atoms with Gasteiger partial charge in [0.25, 0.3) is 0 Å². The van der Waals surface area contributed by atoms with Crippen molar-refractivity contribution in [2.45, 2.75) is 6.92 Å². The lowest BCUT2D eigenvalue weighted by Crippen LogP contribution is -2.14. The molecule has 0 aliphatic heterocycles. The first-order valence-corrected chi connectivity index (χ1v) is 3.45. The third-order valence-corrected chi connectivity index (χ3v) is 1.15. The molecular formula is C9H13NO. The van der Waals surface area contributed by atoms with Crippen molar-refractivity contribution in [3.05, 3.63) is 36.5 Å². The van der Waals surface area contributed by atoms with Gasteiger partial charge in [0.1, 0.15) is 0 Å². The van der Waals surface area contributed by atoms with E-state index in [-0.39, 0.29) is 12.3 Å². The quantitative estimate of drug-likeness (QED) is 0.484. The van der Waals surface area contributed by atoms with E-state index < -0.39 is 0 Å². The topological polar surface area (TPSA) is 43.1 Å². The molecule has 0 aromatic rings. The van der Waals surface area contributed by atoms with Crippen molar-refractivity contribution in [2.75, 3.05) is 6.54 Å². The second-order valence-electron chi connectivity index (χ2n) is 1.99. The lowest BCUT2D eigenvalue weighted by molar-refractivity contribution is -0.114. The lowest BCUT2D eigenvalue weighted by Gasteiger charge is -1.94. The molecule has 0 rings (SSSR count). The first-order valence-electron chi connectivity index (χ1n) is 3.45. The van der Waals surface area contributed by atoms with E-state index in [1.807, 2.05) is 6.92 Å². The summed E-state index contributed by atoms with van der Waals surface area (Å²) in [5.74, 6) is -0.0667. The van der Waals surface area contributed by atoms with Gasteiger partial charge in [0.05, 0.1) is 6.54 Å². The molecule has 0 aliphatic rings. The van der Waals surface area contributed by atoms with E-state index in [4.69, 9.17) is 5.73 Å². The maximum Gasteiger partial charge on any atom is 0.176 e. The predicted octanol–water partition coefficient (Wildman–Crippen LogP) is 1.20. The van der Waals surface area contributed by atoms with Crippen LogP contribution >= 0.6 is 0 Å². The highest BCUT2D eigenvalue weighted by Crippen LogP contribution is 1.97. The minimum absolute atomic E-state index is 0.0456. The van der Waals surface area contributed by atoms with E-state index in [0.717, 1.165) is 0 Å². The zero-order valence-electron chi connectivity index (χ0n) is 6.71. The summed E-state index contributed by atoms with van der Waals surface area (Å²) in [6.07, 6.45) is 6.73. The zero-order chi connectivity index (χ0) is 8.69. The van der Waals surface area contributed by atoms with Crippen molar-refractivity contribution in [3.8, 4) is 0 Å². The monoisotopic (exact) mass is 151 g/mol. The molecule has 0 unspecified atom stereocenters. The van der Waals surface area contributed by atoms with Crippen LogP contribution in [0.2, 0.25) is 0 Å². The molecule has 0 heterocycles. The van der Waals surface area contributed by atoms with Crippen molar-refractivity contribution >= 4 is 5.78 Å². The number of allylic oxidation sites excluding steroid dienone is 4. The molecule has 0 aliphatic carbocycles. The second kappa shape index (κ2) is 5.62. The number of hydrogen-bond acceptors (Lipinski definition) is 2. The van der Waals surface area contributed by atoms with E-state index in [1.165, 1.54) is 0 Å². The maximum atomic E-state index is 11.0. The van der Waals surface area contributed by atoms with Gasteiger partial charge in [-0.3, -0.25) is 4.79 Å². The summed E-state index contributed by atoms with van der Waals surface area (Å²) in [4.78, 5) is 11.0. The molecule has 60 valence electrons. The lowest BCUT2D eigenvalue weighted by atomic mass is 10.1. The number of Topliss-reactive ketones (excluding diaryl/α,β-unsaturated/α-hetero) is 1. The molecule has 0 aromatic heterocycles. The van der Waals surface area contributed by atoms with Crippen LogP contribution in [0.3, 0.4) is 0 Å². The standard InChI is InChI=1S/C9H13NO/c1-3-5-8(6-4-2)9(11)7-10/h3-6H,1,7,10H2,2H3/b6-4-,8-5+. The van der Waals surface area contributed by atoms with E-state index in [1.54, 1.807) is 24.3 Å². The predicted molar refractivity (Wildman–Crippen MR) is 47.2 cm³/mol. The Morgan fingerprint density at radius 3 is 2.64 bits per heavy atom. The van der Waals surface area contributed by atoms with Crippen molar-refractivity contribution < 1.29 is 4.79 Å². The van der Waals surface area contributed by atoms with Crippen LogP contribution in [0.25, 0.3) is 0 Å². The number of ketones is 1. The fourth-order valence-electron chi connectivity index (χ4n) is 0.666. The average Bonchev–Trinajstić information content (AvgIpc) is 2.03. The number of carbonyl (C=O) groups excluding carboxylic acids is 1. The molecule has 0 spiro atoms. The molecule has 2 N–H and O–H groups in total. The van der Waals surface area contributed by atoms with Crippen LogP contribution in [0.4, 0.5) is 0 Å². The summed E-state index contributed by atoms with van der Waals surface area (Å²) in [5.41, 5.74) is 5.78. The van der Waals surface area contributed by atoms with E-state index >= 15 is 0 Å². The summed E-state index contributed by atoms with van der Waals surface area (Å²) in [7, 11) is 0. The van der Waals surface area contributed by atoms with Gasteiger partial charge in [-0.2, -0.15) is 0 Å². The Balaban J connectivity index is 4.46. The van der Waals surface area contributed by atoms with Gasteiger partial charge in [-0.05, 0) is 6.92 Å². The number of rotatable bonds is 4. The molecule has 0 aromatic carbocycles. The summed E-state index contributed by atoms with van der Waals surface area (Å²) >= 11 is 0. The Hall–Kier alpha value is -1.15. The van der Waals surface area contributed by atoms with Crippen molar-refractivity contribution in [2.24, 2.45) is 5.73 Å². The van der Waals surface area contributed by atoms with Gasteiger partial charge in [-0.25, -0.2) is 0 Å². The molecular weight excluding hydrogens is 138 g/mol. The van der Waals surface area contributed by atoms with Crippen LogP contribution in [-0.2, 0) is 4.79 Å². The third-order valence-electron chi connectivity index (χ3n) is 1.15. The summed E-state index contributed by atoms with van der Waals surface area (Å²) in [6, 6.07) is 0. The first kappa shape index (κ1) is 9.85. The normalized spacial score (nSPS) is 12.0. The summed E-state index contributed by atoms with van der Waals surface area (Å²) in [6.45, 7) is 5.39. The Morgan fingerprint density at radius 1 is 1.64 bits per heavy atom. The number of hydrogen-bond donors (Lipinski definition) is 1. The Kier molecular flexibility index (Phi) is 5.03. The van der Waals surface area contributed by atoms with Gasteiger partial charge in [-0.15, -0.1) is 0 Å². The molecule has 0 amide bonds.